The van der Waals surface area contributed by atoms with Gasteiger partial charge in [-0.25, -0.2) is 0 Å². The first-order valence-electron chi connectivity index (χ1n) is 6.21. The summed E-state index contributed by atoms with van der Waals surface area (Å²) < 4.78 is 10.7. The van der Waals surface area contributed by atoms with Crippen LogP contribution in [-0.2, 0) is 6.61 Å². The lowest BCUT2D eigenvalue weighted by Gasteiger charge is -2.10. The van der Waals surface area contributed by atoms with E-state index in [-0.39, 0.29) is 12.3 Å². The van der Waals surface area contributed by atoms with Crippen molar-refractivity contribution in [1.29, 1.82) is 0 Å². The van der Waals surface area contributed by atoms with Gasteiger partial charge in [-0.05, 0) is 36.2 Å². The minimum atomic E-state index is -0.462. The Hall–Kier alpha value is -2.27. The summed E-state index contributed by atoms with van der Waals surface area (Å²) in [5.74, 6) is 1.07. The van der Waals surface area contributed by atoms with Crippen molar-refractivity contribution in [2.45, 2.75) is 13.5 Å². The minimum Gasteiger partial charge on any atom is -0.496 e. The maximum absolute atomic E-state index is 10.9. The molecule has 0 spiro atoms. The zero-order valence-corrected chi connectivity index (χ0v) is 12.4. The average molecular weight is 308 g/mol. The predicted octanol–water partition coefficient (Wildman–Crippen LogP) is 4.14. The molecule has 0 saturated carbocycles. The molecule has 6 heteroatoms. The molecule has 2 aromatic carbocycles. The Balaban J connectivity index is 2.21. The first kappa shape index (κ1) is 15.1. The smallest absolute Gasteiger partial charge is 0.273 e. The molecule has 0 bridgehead atoms. The highest BCUT2D eigenvalue weighted by Crippen LogP contribution is 2.26. The SMILES string of the molecule is COc1cc(COc2cc(Cl)ccc2C)cc([N+](=O)[O-])c1. The summed E-state index contributed by atoms with van der Waals surface area (Å²) in [6.07, 6.45) is 0. The van der Waals surface area contributed by atoms with Crippen LogP contribution in [0.2, 0.25) is 5.02 Å². The predicted molar refractivity (Wildman–Crippen MR) is 80.2 cm³/mol. The highest BCUT2D eigenvalue weighted by molar-refractivity contribution is 6.30. The molecule has 0 aliphatic rings. The Kier molecular flexibility index (Phi) is 4.65. The summed E-state index contributed by atoms with van der Waals surface area (Å²) >= 11 is 5.92. The van der Waals surface area contributed by atoms with Crippen LogP contribution in [0.25, 0.3) is 0 Å². The molecule has 0 heterocycles. The summed E-state index contributed by atoms with van der Waals surface area (Å²) in [4.78, 5) is 10.4. The number of halogens is 1. The van der Waals surface area contributed by atoms with E-state index in [0.29, 0.717) is 22.1 Å². The summed E-state index contributed by atoms with van der Waals surface area (Å²) in [5, 5.41) is 11.5. The van der Waals surface area contributed by atoms with Gasteiger partial charge in [-0.3, -0.25) is 10.1 Å². The normalized spacial score (nSPS) is 10.2. The van der Waals surface area contributed by atoms with Gasteiger partial charge in [0.25, 0.3) is 5.69 Å². The number of benzene rings is 2. The van der Waals surface area contributed by atoms with Crippen LogP contribution in [0.1, 0.15) is 11.1 Å². The van der Waals surface area contributed by atoms with Crippen LogP contribution in [0.5, 0.6) is 11.5 Å². The third-order valence-corrected chi connectivity index (χ3v) is 3.18. The fourth-order valence-corrected chi connectivity index (χ4v) is 2.00. The molecule has 2 aromatic rings. The van der Waals surface area contributed by atoms with Gasteiger partial charge in [-0.1, -0.05) is 17.7 Å². The number of hydrogen-bond acceptors (Lipinski definition) is 4. The van der Waals surface area contributed by atoms with E-state index in [1.807, 2.05) is 13.0 Å². The van der Waals surface area contributed by atoms with E-state index in [0.717, 1.165) is 5.56 Å². The van der Waals surface area contributed by atoms with E-state index >= 15 is 0 Å². The lowest BCUT2D eigenvalue weighted by atomic mass is 10.2. The molecule has 0 aromatic heterocycles. The van der Waals surface area contributed by atoms with E-state index in [1.54, 1.807) is 18.2 Å². The fourth-order valence-electron chi connectivity index (χ4n) is 1.84. The molecule has 5 nitrogen and oxygen atoms in total. The molecule has 0 saturated heterocycles. The van der Waals surface area contributed by atoms with Gasteiger partial charge in [0.15, 0.2) is 0 Å². The van der Waals surface area contributed by atoms with Crippen LogP contribution in [0.3, 0.4) is 0 Å². The van der Waals surface area contributed by atoms with Crippen LogP contribution >= 0.6 is 11.6 Å². The van der Waals surface area contributed by atoms with Gasteiger partial charge in [-0.2, -0.15) is 0 Å². The van der Waals surface area contributed by atoms with Crippen molar-refractivity contribution >= 4 is 17.3 Å². The lowest BCUT2D eigenvalue weighted by molar-refractivity contribution is -0.385. The first-order chi connectivity index (χ1) is 9.99. The van der Waals surface area contributed by atoms with E-state index < -0.39 is 4.92 Å². The van der Waals surface area contributed by atoms with Crippen molar-refractivity contribution in [3.05, 3.63) is 62.7 Å². The molecule has 0 atom stereocenters. The quantitative estimate of drug-likeness (QED) is 0.615. The fraction of sp³-hybridized carbons (Fsp3) is 0.200. The van der Waals surface area contributed by atoms with Crippen molar-refractivity contribution in [2.24, 2.45) is 0 Å². The topological polar surface area (TPSA) is 61.6 Å². The van der Waals surface area contributed by atoms with Gasteiger partial charge in [-0.15, -0.1) is 0 Å². The summed E-state index contributed by atoms with van der Waals surface area (Å²) in [6.45, 7) is 2.10. The van der Waals surface area contributed by atoms with E-state index in [9.17, 15) is 10.1 Å². The molecular formula is C15H14ClNO4. The number of methoxy groups -OCH3 is 1. The van der Waals surface area contributed by atoms with Crippen LogP contribution < -0.4 is 9.47 Å². The summed E-state index contributed by atoms with van der Waals surface area (Å²) in [7, 11) is 1.46. The second kappa shape index (κ2) is 6.45. The Morgan fingerprint density at radius 2 is 2.00 bits per heavy atom. The standard InChI is InChI=1S/C15H14ClNO4/c1-10-3-4-12(16)7-15(10)21-9-11-5-13(17(18)19)8-14(6-11)20-2/h3-8H,9H2,1-2H3. The number of nitro groups is 1. The number of non-ortho nitro benzene ring substituents is 1. The number of nitro benzene ring substituents is 1. The summed E-state index contributed by atoms with van der Waals surface area (Å²) in [5.41, 5.74) is 1.56. The van der Waals surface area contributed by atoms with Crippen LogP contribution in [-0.4, -0.2) is 12.0 Å². The minimum absolute atomic E-state index is 0.0317. The second-order valence-electron chi connectivity index (χ2n) is 4.49. The molecule has 0 unspecified atom stereocenters. The van der Waals surface area contributed by atoms with Crippen LogP contribution in [0.4, 0.5) is 5.69 Å². The molecule has 21 heavy (non-hydrogen) atoms. The van der Waals surface area contributed by atoms with Crippen molar-refractivity contribution in [1.82, 2.24) is 0 Å². The zero-order chi connectivity index (χ0) is 15.4. The van der Waals surface area contributed by atoms with Crippen LogP contribution in [0, 0.1) is 17.0 Å². The van der Waals surface area contributed by atoms with E-state index in [1.165, 1.54) is 19.2 Å². The van der Waals surface area contributed by atoms with Crippen molar-refractivity contribution in [3.63, 3.8) is 0 Å². The molecular weight excluding hydrogens is 294 g/mol. The second-order valence-corrected chi connectivity index (χ2v) is 4.93. The molecule has 0 N–H and O–H groups in total. The zero-order valence-electron chi connectivity index (χ0n) is 11.6. The maximum Gasteiger partial charge on any atom is 0.273 e. The Morgan fingerprint density at radius 3 is 2.67 bits per heavy atom. The molecule has 0 aliphatic heterocycles. The average Bonchev–Trinajstić information content (AvgIpc) is 2.47. The van der Waals surface area contributed by atoms with Gasteiger partial charge in [0, 0.05) is 11.1 Å². The van der Waals surface area contributed by atoms with Crippen molar-refractivity contribution in [3.8, 4) is 11.5 Å². The van der Waals surface area contributed by atoms with E-state index in [2.05, 4.69) is 0 Å². The number of hydrogen-bond donors (Lipinski definition) is 0. The number of ether oxygens (including phenoxy) is 2. The van der Waals surface area contributed by atoms with Gasteiger partial charge < -0.3 is 9.47 Å². The Bertz CT molecular complexity index is 673. The van der Waals surface area contributed by atoms with Gasteiger partial charge in [0.2, 0.25) is 0 Å². The number of aryl methyl sites for hydroxylation is 1. The lowest BCUT2D eigenvalue weighted by Crippen LogP contribution is -1.99. The molecule has 110 valence electrons. The van der Waals surface area contributed by atoms with Gasteiger partial charge >= 0.3 is 0 Å². The van der Waals surface area contributed by atoms with E-state index in [4.69, 9.17) is 21.1 Å². The molecule has 0 amide bonds. The third-order valence-electron chi connectivity index (χ3n) is 2.94. The number of nitrogens with zero attached hydrogens (tertiary/aromatic N) is 1. The highest BCUT2D eigenvalue weighted by atomic mass is 35.5. The Morgan fingerprint density at radius 1 is 1.24 bits per heavy atom. The molecule has 2 rings (SSSR count). The van der Waals surface area contributed by atoms with Gasteiger partial charge in [0.05, 0.1) is 18.1 Å². The third kappa shape index (κ3) is 3.86. The van der Waals surface area contributed by atoms with Gasteiger partial charge in [0.1, 0.15) is 18.1 Å². The molecule has 0 fully saturated rings. The highest BCUT2D eigenvalue weighted by Gasteiger charge is 2.11. The van der Waals surface area contributed by atoms with Crippen molar-refractivity contribution < 1.29 is 14.4 Å². The summed E-state index contributed by atoms with van der Waals surface area (Å²) in [6, 6.07) is 9.88. The van der Waals surface area contributed by atoms with Crippen molar-refractivity contribution in [2.75, 3.05) is 7.11 Å². The molecule has 0 aliphatic carbocycles. The monoisotopic (exact) mass is 307 g/mol. The Labute approximate surface area is 127 Å². The van der Waals surface area contributed by atoms with Crippen LogP contribution in [0.15, 0.2) is 36.4 Å². The first-order valence-corrected chi connectivity index (χ1v) is 6.58. The largest absolute Gasteiger partial charge is 0.496 e. The maximum atomic E-state index is 10.9. The number of rotatable bonds is 5. The molecule has 0 radical (unpaired) electrons.